The summed E-state index contributed by atoms with van der Waals surface area (Å²) in [4.78, 5) is 50.1. The molecule has 2 aliphatic heterocycles. The Bertz CT molecular complexity index is 1120. The van der Waals surface area contributed by atoms with E-state index in [-0.39, 0.29) is 24.1 Å². The van der Waals surface area contributed by atoms with E-state index in [1.807, 2.05) is 0 Å². The van der Waals surface area contributed by atoms with Crippen molar-refractivity contribution in [1.82, 2.24) is 30.8 Å². The first kappa shape index (κ1) is 30.5. The number of aliphatic imine (C=N–C) groups is 1. The van der Waals surface area contributed by atoms with Crippen molar-refractivity contribution in [3.8, 4) is 0 Å². The normalized spacial score (nSPS) is 21.4. The summed E-state index contributed by atoms with van der Waals surface area (Å²) in [6.45, 7) is 13.6. The van der Waals surface area contributed by atoms with E-state index in [2.05, 4.69) is 32.7 Å². The molecular formula is C27H43N7O7. The van der Waals surface area contributed by atoms with Gasteiger partial charge in [-0.05, 0) is 73.6 Å². The molecule has 2 atom stereocenters. The fourth-order valence-corrected chi connectivity index (χ4v) is 4.71. The van der Waals surface area contributed by atoms with Crippen LogP contribution in [0.2, 0.25) is 0 Å². The van der Waals surface area contributed by atoms with E-state index in [4.69, 9.17) is 18.7 Å². The molecule has 2 bridgehead atoms. The van der Waals surface area contributed by atoms with E-state index in [1.165, 1.54) is 5.06 Å². The third-order valence-corrected chi connectivity index (χ3v) is 6.71. The lowest BCUT2D eigenvalue weighted by Crippen LogP contribution is -2.48. The van der Waals surface area contributed by atoms with Crippen LogP contribution in [0.1, 0.15) is 105 Å². The third-order valence-electron chi connectivity index (χ3n) is 6.71. The smallest absolute Gasteiger partial charge is 0.414 e. The molecule has 14 nitrogen and oxygen atoms in total. The van der Waals surface area contributed by atoms with Crippen molar-refractivity contribution in [3.63, 3.8) is 0 Å². The van der Waals surface area contributed by atoms with Crippen molar-refractivity contribution in [1.29, 1.82) is 0 Å². The van der Waals surface area contributed by atoms with Gasteiger partial charge in [0.05, 0.1) is 24.6 Å². The van der Waals surface area contributed by atoms with Crippen LogP contribution in [0, 0.1) is 0 Å². The average molecular weight is 578 g/mol. The van der Waals surface area contributed by atoms with Gasteiger partial charge >= 0.3 is 18.2 Å². The number of ether oxygens (including phenoxy) is 2. The molecule has 0 aromatic carbocycles. The van der Waals surface area contributed by atoms with Crippen LogP contribution in [-0.4, -0.2) is 80.3 Å². The number of carbonyl (C=O) groups excluding carboxylic acids is 3. The van der Waals surface area contributed by atoms with E-state index in [9.17, 15) is 14.4 Å². The molecule has 3 heterocycles. The Balaban J connectivity index is 1.44. The number of guanidine groups is 1. The molecule has 1 aromatic heterocycles. The molecule has 41 heavy (non-hydrogen) atoms. The average Bonchev–Trinajstić information content (AvgIpc) is 3.34. The molecule has 1 aromatic rings. The highest BCUT2D eigenvalue weighted by Gasteiger charge is 2.49. The number of amides is 4. The van der Waals surface area contributed by atoms with E-state index >= 15 is 0 Å². The van der Waals surface area contributed by atoms with Gasteiger partial charge in [0.2, 0.25) is 17.7 Å². The Labute approximate surface area is 240 Å². The number of aromatic nitrogens is 2. The summed E-state index contributed by atoms with van der Waals surface area (Å²) in [5.74, 6) is 0.649. The summed E-state index contributed by atoms with van der Waals surface area (Å²) in [6, 6.07) is -0.477. The zero-order valence-corrected chi connectivity index (χ0v) is 25.1. The van der Waals surface area contributed by atoms with Gasteiger partial charge in [0.15, 0.2) is 0 Å². The lowest BCUT2D eigenvalue weighted by Gasteiger charge is -2.27. The van der Waals surface area contributed by atoms with Crippen molar-refractivity contribution in [2.45, 2.75) is 122 Å². The Kier molecular flexibility index (Phi) is 8.81. The number of alkyl carbamates (subject to hydrolysis) is 2. The molecule has 4 amide bonds. The summed E-state index contributed by atoms with van der Waals surface area (Å²) in [6.07, 6.45) is 3.48. The second-order valence-electron chi connectivity index (χ2n) is 12.8. The van der Waals surface area contributed by atoms with E-state index in [0.29, 0.717) is 50.6 Å². The first-order chi connectivity index (χ1) is 19.2. The van der Waals surface area contributed by atoms with Gasteiger partial charge in [0.1, 0.15) is 17.2 Å². The highest BCUT2D eigenvalue weighted by molar-refractivity contribution is 6.01. The van der Waals surface area contributed by atoms with Crippen LogP contribution in [0.15, 0.2) is 9.41 Å². The van der Waals surface area contributed by atoms with Gasteiger partial charge in [-0.25, -0.2) is 19.4 Å². The molecule has 3 fully saturated rings. The van der Waals surface area contributed by atoms with Gasteiger partial charge in [0, 0.05) is 6.54 Å². The first-order valence-corrected chi connectivity index (χ1v) is 14.3. The number of hydrogen-bond donors (Lipinski definition) is 2. The van der Waals surface area contributed by atoms with Gasteiger partial charge in [-0.2, -0.15) is 5.06 Å². The number of fused-ring (bicyclic) bond motifs is 2. The van der Waals surface area contributed by atoms with Crippen LogP contribution in [0.4, 0.5) is 14.4 Å². The summed E-state index contributed by atoms with van der Waals surface area (Å²) in [7, 11) is 0. The molecule has 2 saturated heterocycles. The monoisotopic (exact) mass is 577 g/mol. The number of hydrogen-bond acceptors (Lipinski definition) is 10. The minimum Gasteiger partial charge on any atom is -0.444 e. The third kappa shape index (κ3) is 8.30. The summed E-state index contributed by atoms with van der Waals surface area (Å²) in [5.41, 5.74) is -2.14. The van der Waals surface area contributed by atoms with Crippen LogP contribution >= 0.6 is 0 Å². The highest BCUT2D eigenvalue weighted by atomic mass is 16.7. The van der Waals surface area contributed by atoms with E-state index < -0.39 is 28.9 Å². The summed E-state index contributed by atoms with van der Waals surface area (Å²) < 4.78 is 16.7. The molecular weight excluding hydrogens is 534 g/mol. The predicted molar refractivity (Wildman–Crippen MR) is 147 cm³/mol. The molecule has 228 valence electrons. The molecule has 1 aliphatic carbocycles. The maximum Gasteiger partial charge on any atom is 0.414 e. The van der Waals surface area contributed by atoms with Crippen molar-refractivity contribution >= 4 is 24.2 Å². The topological polar surface area (TPSA) is 161 Å². The molecule has 1 saturated carbocycles. The zero-order valence-electron chi connectivity index (χ0n) is 25.1. The number of unbranched alkanes of at least 4 members (excludes halogenated alkanes) is 1. The molecule has 2 N–H and O–H groups in total. The van der Waals surface area contributed by atoms with Gasteiger partial charge in [-0.3, -0.25) is 15.5 Å². The molecule has 0 spiro atoms. The molecule has 4 rings (SSSR count). The minimum absolute atomic E-state index is 0.0236. The first-order valence-electron chi connectivity index (χ1n) is 14.3. The molecule has 0 unspecified atom stereocenters. The number of rotatable bonds is 8. The van der Waals surface area contributed by atoms with Crippen LogP contribution in [0.25, 0.3) is 0 Å². The largest absolute Gasteiger partial charge is 0.444 e. The van der Waals surface area contributed by atoms with Gasteiger partial charge in [0.25, 0.3) is 0 Å². The summed E-state index contributed by atoms with van der Waals surface area (Å²) in [5, 5.41) is 15.0. The van der Waals surface area contributed by atoms with Crippen molar-refractivity contribution in [2.24, 2.45) is 4.99 Å². The summed E-state index contributed by atoms with van der Waals surface area (Å²) >= 11 is 0. The fraction of sp³-hybridized carbons (Fsp3) is 0.778. The van der Waals surface area contributed by atoms with E-state index in [1.54, 1.807) is 46.4 Å². The number of hydroxylamine groups is 2. The molecule has 3 aliphatic rings. The Morgan fingerprint density at radius 2 is 1.68 bits per heavy atom. The second kappa shape index (κ2) is 11.8. The Morgan fingerprint density at radius 1 is 1.05 bits per heavy atom. The lowest BCUT2D eigenvalue weighted by atomic mass is 10.0. The predicted octanol–water partition coefficient (Wildman–Crippen LogP) is 4.22. The van der Waals surface area contributed by atoms with Gasteiger partial charge < -0.3 is 18.8 Å². The van der Waals surface area contributed by atoms with Crippen LogP contribution in [0.5, 0.6) is 0 Å². The van der Waals surface area contributed by atoms with Crippen molar-refractivity contribution < 1.29 is 33.1 Å². The number of piperidine rings is 1. The Hall–Kier alpha value is -3.42. The van der Waals surface area contributed by atoms with Crippen LogP contribution in [-0.2, 0) is 20.7 Å². The minimum atomic E-state index is -0.762. The van der Waals surface area contributed by atoms with Crippen molar-refractivity contribution in [2.75, 3.05) is 13.2 Å². The van der Waals surface area contributed by atoms with Crippen molar-refractivity contribution in [3.05, 3.63) is 11.8 Å². The van der Waals surface area contributed by atoms with Crippen LogP contribution in [0.3, 0.4) is 0 Å². The quantitative estimate of drug-likeness (QED) is 0.262. The van der Waals surface area contributed by atoms with Crippen LogP contribution < -0.4 is 10.6 Å². The number of urea groups is 1. The second-order valence-corrected chi connectivity index (χ2v) is 12.8. The molecule has 14 heteroatoms. The maximum absolute atomic E-state index is 13.0. The van der Waals surface area contributed by atoms with Gasteiger partial charge in [-0.15, -0.1) is 10.2 Å². The van der Waals surface area contributed by atoms with E-state index in [0.717, 1.165) is 19.3 Å². The number of carbonyl (C=O) groups is 3. The maximum atomic E-state index is 13.0. The molecule has 0 radical (unpaired) electrons. The number of nitrogens with zero attached hydrogens (tertiary/aromatic N) is 5. The SMILES string of the molecule is CCCCON1C(=O)N2C[C@@H]1CC[C@H]2c1nnc(CC2(N=C(NC(=O)OC(C)(C)C)NC(=O)OC(C)(C)C)CC2)o1. The fourth-order valence-electron chi connectivity index (χ4n) is 4.71. The lowest BCUT2D eigenvalue weighted by molar-refractivity contribution is -0.130. The highest BCUT2D eigenvalue weighted by Crippen LogP contribution is 2.43. The Morgan fingerprint density at radius 3 is 2.24 bits per heavy atom. The number of nitrogens with one attached hydrogen (secondary N) is 2. The van der Waals surface area contributed by atoms with Gasteiger partial charge in [-0.1, -0.05) is 13.3 Å². The zero-order chi connectivity index (χ0) is 30.0. The standard InChI is InChI=1S/C27H43N7O7/c1-8-9-14-38-34-17-10-11-18(33(16-17)24(34)37)20-32-31-19(39-20)15-27(12-13-27)30-21(28-22(35)40-25(2,3)4)29-23(36)41-26(5,6)7/h17-18H,8-16H2,1-7H3,(H2,28,29,30,35,36)/t17-,18-/m0/s1.